The van der Waals surface area contributed by atoms with Crippen LogP contribution < -0.4 is 4.90 Å². The molecule has 0 amide bonds. The van der Waals surface area contributed by atoms with Gasteiger partial charge in [0, 0.05) is 17.1 Å². The van der Waals surface area contributed by atoms with Gasteiger partial charge in [-0.2, -0.15) is 0 Å². The average molecular weight is 676 g/mol. The summed E-state index contributed by atoms with van der Waals surface area (Å²) >= 11 is 0. The molecule has 0 fully saturated rings. The van der Waals surface area contributed by atoms with Crippen molar-refractivity contribution in [2.24, 2.45) is 0 Å². The average Bonchev–Trinajstić information content (AvgIpc) is 3.25. The van der Waals surface area contributed by atoms with Gasteiger partial charge in [-0.05, 0) is 103 Å². The van der Waals surface area contributed by atoms with Gasteiger partial charge in [0.05, 0.1) is 0 Å². The van der Waals surface area contributed by atoms with Gasteiger partial charge in [0.2, 0.25) is 0 Å². The first-order valence-electron chi connectivity index (χ1n) is 18.2. The highest BCUT2D eigenvalue weighted by atomic mass is 15.1. The van der Waals surface area contributed by atoms with Crippen LogP contribution in [0.5, 0.6) is 0 Å². The molecule has 1 heteroatoms. The molecular weight excluding hydrogens is 639 g/mol. The van der Waals surface area contributed by atoms with E-state index in [1.807, 2.05) is 0 Å². The second-order valence-electron chi connectivity index (χ2n) is 13.3. The minimum Gasteiger partial charge on any atom is -0.310 e. The van der Waals surface area contributed by atoms with Crippen molar-refractivity contribution in [2.45, 2.75) is 0 Å². The summed E-state index contributed by atoms with van der Waals surface area (Å²) in [5, 5.41) is 2.49. The molecule has 53 heavy (non-hydrogen) atoms. The second-order valence-corrected chi connectivity index (χ2v) is 13.3. The third-order valence-corrected chi connectivity index (χ3v) is 10.1. The van der Waals surface area contributed by atoms with Gasteiger partial charge in [0.15, 0.2) is 0 Å². The Morgan fingerprint density at radius 1 is 0.226 bits per heavy atom. The molecule has 0 N–H and O–H groups in total. The minimum atomic E-state index is 1.09. The van der Waals surface area contributed by atoms with Gasteiger partial charge < -0.3 is 4.90 Å². The van der Waals surface area contributed by atoms with Gasteiger partial charge in [-0.3, -0.25) is 0 Å². The van der Waals surface area contributed by atoms with Crippen LogP contribution in [-0.2, 0) is 0 Å². The predicted octanol–water partition coefficient (Wildman–Crippen LogP) is 14.6. The maximum atomic E-state index is 2.39. The van der Waals surface area contributed by atoms with Gasteiger partial charge in [-0.1, -0.05) is 188 Å². The van der Waals surface area contributed by atoms with Crippen molar-refractivity contribution >= 4 is 27.8 Å². The van der Waals surface area contributed by atoms with E-state index in [-0.39, 0.29) is 0 Å². The maximum absolute atomic E-state index is 2.39. The molecule has 0 saturated carbocycles. The Morgan fingerprint density at radius 2 is 0.660 bits per heavy atom. The largest absolute Gasteiger partial charge is 0.310 e. The molecule has 0 aliphatic heterocycles. The monoisotopic (exact) mass is 675 g/mol. The van der Waals surface area contributed by atoms with E-state index >= 15 is 0 Å². The number of anilines is 3. The molecule has 0 aromatic heterocycles. The number of fused-ring (bicyclic) bond motifs is 1. The zero-order valence-corrected chi connectivity index (χ0v) is 29.3. The minimum absolute atomic E-state index is 1.09. The molecule has 1 nitrogen and oxygen atoms in total. The van der Waals surface area contributed by atoms with Crippen molar-refractivity contribution in [2.75, 3.05) is 4.90 Å². The third-order valence-electron chi connectivity index (χ3n) is 10.1. The van der Waals surface area contributed by atoms with Crippen LogP contribution in [-0.4, -0.2) is 0 Å². The first-order chi connectivity index (χ1) is 26.3. The van der Waals surface area contributed by atoms with E-state index in [1.165, 1.54) is 66.4 Å². The summed E-state index contributed by atoms with van der Waals surface area (Å²) in [5.41, 5.74) is 15.3. The molecule has 0 bridgehead atoms. The second kappa shape index (κ2) is 14.3. The number of hydrogen-bond donors (Lipinski definition) is 0. The zero-order valence-electron chi connectivity index (χ0n) is 29.3. The van der Waals surface area contributed by atoms with Crippen LogP contribution in [0.1, 0.15) is 0 Å². The molecule has 0 spiro atoms. The first kappa shape index (κ1) is 32.0. The van der Waals surface area contributed by atoms with Crippen LogP contribution in [0.3, 0.4) is 0 Å². The standard InChI is InChI=1S/C52H37N/c1-5-16-38(17-6-1)39-30-32-45(33-31-39)53(47-34-35-48(40-18-7-2-8-19-40)51(37-47)42-22-11-4-12-23-42)46-27-13-26-44(36-46)50-29-15-25-43-24-14-28-49(52(43)50)41-20-9-3-10-21-41/h1-37H. The first-order valence-corrected chi connectivity index (χ1v) is 18.2. The Bertz CT molecular complexity index is 2620. The lowest BCUT2D eigenvalue weighted by Gasteiger charge is -2.27. The molecule has 0 heterocycles. The molecule has 9 rings (SSSR count). The Kier molecular flexibility index (Phi) is 8.66. The number of hydrogen-bond acceptors (Lipinski definition) is 1. The summed E-state index contributed by atoms with van der Waals surface area (Å²) in [4.78, 5) is 2.39. The molecule has 0 saturated heterocycles. The molecule has 0 radical (unpaired) electrons. The Balaban J connectivity index is 1.23. The molecule has 0 aliphatic rings. The predicted molar refractivity (Wildman–Crippen MR) is 226 cm³/mol. The number of benzene rings is 9. The highest BCUT2D eigenvalue weighted by Gasteiger charge is 2.18. The van der Waals surface area contributed by atoms with E-state index in [9.17, 15) is 0 Å². The highest BCUT2D eigenvalue weighted by molar-refractivity contribution is 6.06. The van der Waals surface area contributed by atoms with Gasteiger partial charge in [0.1, 0.15) is 0 Å². The van der Waals surface area contributed by atoms with Gasteiger partial charge in [0.25, 0.3) is 0 Å². The summed E-state index contributed by atoms with van der Waals surface area (Å²) < 4.78 is 0. The van der Waals surface area contributed by atoms with Crippen LogP contribution in [0.4, 0.5) is 17.1 Å². The number of nitrogens with zero attached hydrogens (tertiary/aromatic N) is 1. The van der Waals surface area contributed by atoms with Crippen LogP contribution >= 0.6 is 0 Å². The van der Waals surface area contributed by atoms with Gasteiger partial charge >= 0.3 is 0 Å². The van der Waals surface area contributed by atoms with Crippen LogP contribution in [0, 0.1) is 0 Å². The van der Waals surface area contributed by atoms with Crippen molar-refractivity contribution in [1.82, 2.24) is 0 Å². The Morgan fingerprint density at radius 3 is 1.26 bits per heavy atom. The highest BCUT2D eigenvalue weighted by Crippen LogP contribution is 2.43. The van der Waals surface area contributed by atoms with E-state index < -0.39 is 0 Å². The van der Waals surface area contributed by atoms with Crippen molar-refractivity contribution in [3.63, 3.8) is 0 Å². The van der Waals surface area contributed by atoms with Gasteiger partial charge in [-0.25, -0.2) is 0 Å². The fourth-order valence-corrected chi connectivity index (χ4v) is 7.53. The van der Waals surface area contributed by atoms with Crippen LogP contribution in [0.25, 0.3) is 66.4 Å². The fourth-order valence-electron chi connectivity index (χ4n) is 7.53. The van der Waals surface area contributed by atoms with Crippen LogP contribution in [0.15, 0.2) is 224 Å². The number of rotatable bonds is 8. The molecule has 250 valence electrons. The van der Waals surface area contributed by atoms with E-state index in [0.717, 1.165) is 17.1 Å². The summed E-state index contributed by atoms with van der Waals surface area (Å²) in [6.45, 7) is 0. The van der Waals surface area contributed by atoms with Crippen molar-refractivity contribution in [3.8, 4) is 55.6 Å². The molecule has 9 aromatic carbocycles. The third kappa shape index (κ3) is 6.42. The lowest BCUT2D eigenvalue weighted by Crippen LogP contribution is -2.10. The van der Waals surface area contributed by atoms with Crippen LogP contribution in [0.2, 0.25) is 0 Å². The van der Waals surface area contributed by atoms with Gasteiger partial charge in [-0.15, -0.1) is 0 Å². The smallest absolute Gasteiger partial charge is 0.0468 e. The van der Waals surface area contributed by atoms with E-state index in [2.05, 4.69) is 229 Å². The summed E-state index contributed by atoms with van der Waals surface area (Å²) in [6.07, 6.45) is 0. The van der Waals surface area contributed by atoms with E-state index in [0.29, 0.717) is 0 Å². The molecule has 0 aliphatic carbocycles. The molecule has 0 atom stereocenters. The summed E-state index contributed by atoms with van der Waals surface area (Å²) in [5.74, 6) is 0. The van der Waals surface area contributed by atoms with Crippen molar-refractivity contribution < 1.29 is 0 Å². The van der Waals surface area contributed by atoms with Crippen molar-refractivity contribution in [1.29, 1.82) is 0 Å². The molecule has 0 unspecified atom stereocenters. The summed E-state index contributed by atoms with van der Waals surface area (Å²) in [6, 6.07) is 80.8. The molecular formula is C52H37N. The maximum Gasteiger partial charge on any atom is 0.0468 e. The van der Waals surface area contributed by atoms with Crippen molar-refractivity contribution in [3.05, 3.63) is 224 Å². The summed E-state index contributed by atoms with van der Waals surface area (Å²) in [7, 11) is 0. The van der Waals surface area contributed by atoms with E-state index in [1.54, 1.807) is 0 Å². The Labute approximate surface area is 311 Å². The fraction of sp³-hybridized carbons (Fsp3) is 0. The molecule has 9 aromatic rings. The SMILES string of the molecule is c1ccc(-c2ccc(N(c3cccc(-c4cccc5cccc(-c6ccccc6)c45)c3)c3ccc(-c4ccccc4)c(-c4ccccc4)c3)cc2)cc1. The lowest BCUT2D eigenvalue weighted by atomic mass is 9.91. The topological polar surface area (TPSA) is 3.24 Å². The lowest BCUT2D eigenvalue weighted by molar-refractivity contribution is 1.28. The quantitative estimate of drug-likeness (QED) is 0.155. The normalized spacial score (nSPS) is 11.0. The van der Waals surface area contributed by atoms with E-state index in [4.69, 9.17) is 0 Å². The Hall–Kier alpha value is -6.96. The zero-order chi connectivity index (χ0) is 35.4.